The first kappa shape index (κ1) is 15.1. The second-order valence-corrected chi connectivity index (χ2v) is 4.81. The fraction of sp³-hybridized carbons (Fsp3) is 0.429. The summed E-state index contributed by atoms with van der Waals surface area (Å²) in [5.74, 6) is -0.979. The molecule has 1 atom stereocenters. The SMILES string of the molecule is O=C(O)C(Cc1ccc(O)cc1)NC(=O)N1CCOCC1. The molecule has 1 heterocycles. The van der Waals surface area contributed by atoms with Crippen LogP contribution >= 0.6 is 0 Å². The van der Waals surface area contributed by atoms with E-state index in [1.165, 1.54) is 17.0 Å². The minimum absolute atomic E-state index is 0.114. The zero-order valence-corrected chi connectivity index (χ0v) is 11.5. The highest BCUT2D eigenvalue weighted by Crippen LogP contribution is 2.11. The molecule has 1 fully saturated rings. The minimum Gasteiger partial charge on any atom is -0.508 e. The fourth-order valence-electron chi connectivity index (χ4n) is 2.07. The summed E-state index contributed by atoms with van der Waals surface area (Å²) in [4.78, 5) is 24.8. The second-order valence-electron chi connectivity index (χ2n) is 4.81. The number of rotatable bonds is 4. The first-order valence-corrected chi connectivity index (χ1v) is 6.70. The van der Waals surface area contributed by atoms with Gasteiger partial charge in [0.25, 0.3) is 0 Å². The molecule has 1 aliphatic heterocycles. The van der Waals surface area contributed by atoms with Gasteiger partial charge in [-0.1, -0.05) is 12.1 Å². The molecule has 1 unspecified atom stereocenters. The number of phenolic OH excluding ortho intramolecular Hbond substituents is 1. The Hall–Kier alpha value is -2.28. The standard InChI is InChI=1S/C14H18N2O5/c17-11-3-1-10(2-4-11)9-12(13(18)19)15-14(20)16-5-7-21-8-6-16/h1-4,12,17H,5-9H2,(H,15,20)(H,18,19). The summed E-state index contributed by atoms with van der Waals surface area (Å²) in [5, 5.41) is 21.0. The van der Waals surface area contributed by atoms with Crippen molar-refractivity contribution in [2.45, 2.75) is 12.5 Å². The molecule has 1 saturated heterocycles. The molecule has 7 heteroatoms. The third-order valence-electron chi connectivity index (χ3n) is 3.27. The maximum Gasteiger partial charge on any atom is 0.326 e. The summed E-state index contributed by atoms with van der Waals surface area (Å²) >= 11 is 0. The molecule has 114 valence electrons. The number of carboxylic acids is 1. The van der Waals surface area contributed by atoms with Gasteiger partial charge in [0.2, 0.25) is 0 Å². The Morgan fingerprint density at radius 3 is 2.43 bits per heavy atom. The molecule has 21 heavy (non-hydrogen) atoms. The van der Waals surface area contributed by atoms with Gasteiger partial charge < -0.3 is 25.2 Å². The number of morpholine rings is 1. The van der Waals surface area contributed by atoms with Crippen molar-refractivity contribution in [1.82, 2.24) is 10.2 Å². The van der Waals surface area contributed by atoms with E-state index in [4.69, 9.17) is 4.74 Å². The van der Waals surface area contributed by atoms with Gasteiger partial charge in [-0.25, -0.2) is 9.59 Å². The Morgan fingerprint density at radius 2 is 1.86 bits per heavy atom. The number of aliphatic carboxylic acids is 1. The first-order chi connectivity index (χ1) is 10.1. The van der Waals surface area contributed by atoms with Crippen LogP contribution in [-0.2, 0) is 16.0 Å². The third-order valence-corrected chi connectivity index (χ3v) is 3.27. The molecule has 7 nitrogen and oxygen atoms in total. The Morgan fingerprint density at radius 1 is 1.24 bits per heavy atom. The Bertz CT molecular complexity index is 497. The number of aromatic hydroxyl groups is 1. The van der Waals surface area contributed by atoms with Crippen LogP contribution in [0.25, 0.3) is 0 Å². The van der Waals surface area contributed by atoms with Gasteiger partial charge in [-0.2, -0.15) is 0 Å². The minimum atomic E-state index is -1.09. The number of urea groups is 1. The van der Waals surface area contributed by atoms with Gasteiger partial charge in [-0.05, 0) is 17.7 Å². The molecular formula is C14H18N2O5. The van der Waals surface area contributed by atoms with Crippen molar-refractivity contribution < 1.29 is 24.5 Å². The highest BCUT2D eigenvalue weighted by Gasteiger charge is 2.24. The maximum absolute atomic E-state index is 12.0. The van der Waals surface area contributed by atoms with E-state index in [2.05, 4.69) is 5.32 Å². The number of carbonyl (C=O) groups is 2. The fourth-order valence-corrected chi connectivity index (χ4v) is 2.07. The number of ether oxygens (including phenoxy) is 1. The smallest absolute Gasteiger partial charge is 0.326 e. The van der Waals surface area contributed by atoms with Crippen LogP contribution in [0.5, 0.6) is 5.75 Å². The van der Waals surface area contributed by atoms with Gasteiger partial charge in [-0.15, -0.1) is 0 Å². The van der Waals surface area contributed by atoms with E-state index in [9.17, 15) is 19.8 Å². The summed E-state index contributed by atoms with van der Waals surface area (Å²) < 4.78 is 5.15. The normalized spacial score (nSPS) is 16.3. The average Bonchev–Trinajstić information content (AvgIpc) is 2.49. The van der Waals surface area contributed by atoms with Crippen molar-refractivity contribution in [1.29, 1.82) is 0 Å². The van der Waals surface area contributed by atoms with E-state index in [1.54, 1.807) is 12.1 Å². The van der Waals surface area contributed by atoms with Gasteiger partial charge in [0.1, 0.15) is 11.8 Å². The van der Waals surface area contributed by atoms with E-state index in [-0.39, 0.29) is 12.2 Å². The molecule has 0 saturated carbocycles. The monoisotopic (exact) mass is 294 g/mol. The summed E-state index contributed by atoms with van der Waals surface area (Å²) in [5.41, 5.74) is 0.725. The summed E-state index contributed by atoms with van der Waals surface area (Å²) in [6, 6.07) is 4.82. The molecule has 2 amide bonds. The zero-order valence-electron chi connectivity index (χ0n) is 11.5. The quantitative estimate of drug-likeness (QED) is 0.748. The molecule has 3 N–H and O–H groups in total. The lowest BCUT2D eigenvalue weighted by molar-refractivity contribution is -0.139. The number of nitrogens with one attached hydrogen (secondary N) is 1. The van der Waals surface area contributed by atoms with E-state index in [1.807, 2.05) is 0 Å². The molecule has 2 rings (SSSR count). The Balaban J connectivity index is 1.96. The van der Waals surface area contributed by atoms with Crippen LogP contribution in [0.3, 0.4) is 0 Å². The molecule has 0 spiro atoms. The number of phenols is 1. The number of carbonyl (C=O) groups excluding carboxylic acids is 1. The first-order valence-electron chi connectivity index (χ1n) is 6.70. The largest absolute Gasteiger partial charge is 0.508 e. The van der Waals surface area contributed by atoms with Crippen molar-refractivity contribution in [2.75, 3.05) is 26.3 Å². The number of nitrogens with zero attached hydrogens (tertiary/aromatic N) is 1. The molecule has 0 aliphatic carbocycles. The summed E-state index contributed by atoms with van der Waals surface area (Å²) in [6.07, 6.45) is 0.158. The van der Waals surface area contributed by atoms with Crippen molar-refractivity contribution in [3.63, 3.8) is 0 Å². The molecule has 1 aliphatic rings. The Labute approximate surface area is 122 Å². The maximum atomic E-state index is 12.0. The zero-order chi connectivity index (χ0) is 15.2. The number of hydrogen-bond donors (Lipinski definition) is 3. The van der Waals surface area contributed by atoms with Crippen molar-refractivity contribution >= 4 is 12.0 Å². The molecule has 0 bridgehead atoms. The lowest BCUT2D eigenvalue weighted by Gasteiger charge is -2.28. The number of benzene rings is 1. The van der Waals surface area contributed by atoms with Crippen LogP contribution in [0.2, 0.25) is 0 Å². The van der Waals surface area contributed by atoms with Crippen LogP contribution in [0.4, 0.5) is 4.79 Å². The number of amides is 2. The van der Waals surface area contributed by atoms with Gasteiger partial charge in [0.15, 0.2) is 0 Å². The summed E-state index contributed by atoms with van der Waals surface area (Å²) in [7, 11) is 0. The highest BCUT2D eigenvalue weighted by atomic mass is 16.5. The van der Waals surface area contributed by atoms with E-state index < -0.39 is 18.0 Å². The predicted octanol–water partition coefficient (Wildman–Crippen LogP) is 0.430. The van der Waals surface area contributed by atoms with Gasteiger partial charge in [0, 0.05) is 19.5 Å². The van der Waals surface area contributed by atoms with Gasteiger partial charge in [0.05, 0.1) is 13.2 Å². The van der Waals surface area contributed by atoms with E-state index >= 15 is 0 Å². The van der Waals surface area contributed by atoms with Crippen LogP contribution in [-0.4, -0.2) is 59.5 Å². The van der Waals surface area contributed by atoms with Crippen LogP contribution < -0.4 is 5.32 Å². The molecular weight excluding hydrogens is 276 g/mol. The van der Waals surface area contributed by atoms with Crippen molar-refractivity contribution in [2.24, 2.45) is 0 Å². The topological polar surface area (TPSA) is 99.1 Å². The van der Waals surface area contributed by atoms with Crippen LogP contribution in [0.15, 0.2) is 24.3 Å². The van der Waals surface area contributed by atoms with Gasteiger partial charge in [-0.3, -0.25) is 0 Å². The van der Waals surface area contributed by atoms with Crippen molar-refractivity contribution in [3.05, 3.63) is 29.8 Å². The van der Waals surface area contributed by atoms with Crippen LogP contribution in [0, 0.1) is 0 Å². The van der Waals surface area contributed by atoms with E-state index in [0.29, 0.717) is 26.3 Å². The molecule has 1 aromatic rings. The number of carboxylic acid groups (broad SMARTS) is 1. The third kappa shape index (κ3) is 4.35. The lowest BCUT2D eigenvalue weighted by atomic mass is 10.1. The molecule has 0 aromatic heterocycles. The van der Waals surface area contributed by atoms with Crippen LogP contribution in [0.1, 0.15) is 5.56 Å². The number of hydrogen-bond acceptors (Lipinski definition) is 4. The average molecular weight is 294 g/mol. The van der Waals surface area contributed by atoms with Gasteiger partial charge >= 0.3 is 12.0 Å². The Kier molecular flexibility index (Phi) is 4.99. The lowest BCUT2D eigenvalue weighted by Crippen LogP contribution is -2.51. The summed E-state index contributed by atoms with van der Waals surface area (Å²) in [6.45, 7) is 1.83. The molecule has 1 aromatic carbocycles. The second kappa shape index (κ2) is 6.94. The molecule has 0 radical (unpaired) electrons. The van der Waals surface area contributed by atoms with E-state index in [0.717, 1.165) is 5.56 Å². The highest BCUT2D eigenvalue weighted by molar-refractivity contribution is 5.82. The predicted molar refractivity (Wildman–Crippen MR) is 74.2 cm³/mol. The van der Waals surface area contributed by atoms with Crippen molar-refractivity contribution in [3.8, 4) is 5.75 Å².